The van der Waals surface area contributed by atoms with Gasteiger partial charge < -0.3 is 4.57 Å². The Bertz CT molecular complexity index is 362. The fourth-order valence-corrected chi connectivity index (χ4v) is 2.09. The largest absolute Gasteiger partial charge is 0.354 e. The number of rotatable bonds is 3. The van der Waals surface area contributed by atoms with Crippen molar-refractivity contribution in [1.29, 1.82) is 0 Å². The van der Waals surface area contributed by atoms with Crippen LogP contribution in [0.15, 0.2) is 30.0 Å². The number of thiazole rings is 1. The summed E-state index contributed by atoms with van der Waals surface area (Å²) in [6.07, 6.45) is 5.28. The SMILES string of the molecule is Cc1ncsc1CCn1cccc1. The molecule has 0 amide bonds. The maximum Gasteiger partial charge on any atom is 0.0797 e. The second kappa shape index (κ2) is 3.75. The Morgan fingerprint density at radius 2 is 2.15 bits per heavy atom. The van der Waals surface area contributed by atoms with Gasteiger partial charge in [-0.05, 0) is 19.1 Å². The van der Waals surface area contributed by atoms with Gasteiger partial charge in [-0.25, -0.2) is 4.98 Å². The molecule has 0 aliphatic heterocycles. The number of aryl methyl sites for hydroxylation is 3. The van der Waals surface area contributed by atoms with Crippen molar-refractivity contribution in [1.82, 2.24) is 9.55 Å². The van der Waals surface area contributed by atoms with Gasteiger partial charge in [-0.15, -0.1) is 11.3 Å². The fourth-order valence-electron chi connectivity index (χ4n) is 1.32. The zero-order valence-electron chi connectivity index (χ0n) is 7.60. The van der Waals surface area contributed by atoms with Gasteiger partial charge in [-0.3, -0.25) is 0 Å². The first-order valence-electron chi connectivity index (χ1n) is 4.36. The van der Waals surface area contributed by atoms with Gasteiger partial charge in [0.25, 0.3) is 0 Å². The molecule has 0 saturated carbocycles. The summed E-state index contributed by atoms with van der Waals surface area (Å²) in [5.74, 6) is 0. The van der Waals surface area contributed by atoms with Crippen LogP contribution in [0.3, 0.4) is 0 Å². The smallest absolute Gasteiger partial charge is 0.0797 e. The van der Waals surface area contributed by atoms with Gasteiger partial charge >= 0.3 is 0 Å². The summed E-state index contributed by atoms with van der Waals surface area (Å²) in [5.41, 5.74) is 3.09. The highest BCUT2D eigenvalue weighted by Crippen LogP contribution is 2.13. The molecule has 3 heteroatoms. The molecule has 0 aliphatic rings. The number of nitrogens with zero attached hydrogens (tertiary/aromatic N) is 2. The predicted octanol–water partition coefficient (Wildman–Crippen LogP) is 2.50. The molecule has 0 saturated heterocycles. The quantitative estimate of drug-likeness (QED) is 0.730. The van der Waals surface area contributed by atoms with E-state index in [-0.39, 0.29) is 0 Å². The Balaban J connectivity index is 1.97. The van der Waals surface area contributed by atoms with Crippen LogP contribution in [0, 0.1) is 6.92 Å². The van der Waals surface area contributed by atoms with E-state index in [1.165, 1.54) is 10.6 Å². The third-order valence-corrected chi connectivity index (χ3v) is 3.10. The lowest BCUT2D eigenvalue weighted by molar-refractivity contribution is 0.704. The molecule has 0 spiro atoms. The first kappa shape index (κ1) is 8.51. The minimum absolute atomic E-state index is 1.05. The summed E-state index contributed by atoms with van der Waals surface area (Å²) in [6, 6.07) is 4.11. The standard InChI is InChI=1S/C10H12N2S/c1-9-10(13-8-11-9)4-7-12-5-2-3-6-12/h2-3,5-6,8H,4,7H2,1H3. The molecule has 2 rings (SSSR count). The molecular weight excluding hydrogens is 180 g/mol. The second-order valence-electron chi connectivity index (χ2n) is 3.03. The molecule has 0 N–H and O–H groups in total. The third kappa shape index (κ3) is 1.98. The normalized spacial score (nSPS) is 10.5. The summed E-state index contributed by atoms with van der Waals surface area (Å²) >= 11 is 1.75. The van der Waals surface area contributed by atoms with Crippen LogP contribution in [0.5, 0.6) is 0 Å². The molecule has 2 nitrogen and oxygen atoms in total. The first-order valence-corrected chi connectivity index (χ1v) is 5.24. The van der Waals surface area contributed by atoms with Crippen molar-refractivity contribution in [3.8, 4) is 0 Å². The number of hydrogen-bond acceptors (Lipinski definition) is 2. The van der Waals surface area contributed by atoms with Gasteiger partial charge in [-0.2, -0.15) is 0 Å². The molecule has 13 heavy (non-hydrogen) atoms. The van der Waals surface area contributed by atoms with Gasteiger partial charge in [0, 0.05) is 30.2 Å². The molecule has 2 aromatic rings. The molecule has 68 valence electrons. The number of hydrogen-bond donors (Lipinski definition) is 0. The van der Waals surface area contributed by atoms with E-state index >= 15 is 0 Å². The van der Waals surface area contributed by atoms with Crippen LogP contribution in [0.25, 0.3) is 0 Å². The first-order chi connectivity index (χ1) is 6.36. The summed E-state index contributed by atoms with van der Waals surface area (Å²) in [7, 11) is 0. The molecule has 0 aliphatic carbocycles. The Morgan fingerprint density at radius 3 is 2.77 bits per heavy atom. The minimum atomic E-state index is 1.05. The Morgan fingerprint density at radius 1 is 1.38 bits per heavy atom. The zero-order chi connectivity index (χ0) is 9.10. The van der Waals surface area contributed by atoms with Crippen molar-refractivity contribution in [3.05, 3.63) is 40.6 Å². The van der Waals surface area contributed by atoms with E-state index in [9.17, 15) is 0 Å². The lowest BCUT2D eigenvalue weighted by Crippen LogP contribution is -1.97. The topological polar surface area (TPSA) is 17.8 Å². The average molecular weight is 192 g/mol. The molecule has 0 unspecified atom stereocenters. The number of aromatic nitrogens is 2. The lowest BCUT2D eigenvalue weighted by Gasteiger charge is -2.00. The Labute approximate surface area is 81.9 Å². The van der Waals surface area contributed by atoms with Gasteiger partial charge in [0.05, 0.1) is 11.2 Å². The lowest BCUT2D eigenvalue weighted by atomic mass is 10.3. The van der Waals surface area contributed by atoms with Crippen LogP contribution >= 0.6 is 11.3 Å². The van der Waals surface area contributed by atoms with Gasteiger partial charge in [0.15, 0.2) is 0 Å². The van der Waals surface area contributed by atoms with E-state index < -0.39 is 0 Å². The molecule has 0 atom stereocenters. The Kier molecular flexibility index (Phi) is 2.45. The van der Waals surface area contributed by atoms with Crippen LogP contribution in [-0.2, 0) is 13.0 Å². The van der Waals surface area contributed by atoms with Crippen molar-refractivity contribution < 1.29 is 0 Å². The maximum absolute atomic E-state index is 4.23. The van der Waals surface area contributed by atoms with E-state index in [2.05, 4.69) is 41.0 Å². The Hall–Kier alpha value is -1.09. The van der Waals surface area contributed by atoms with Crippen LogP contribution in [-0.4, -0.2) is 9.55 Å². The molecule has 2 aromatic heterocycles. The summed E-state index contributed by atoms with van der Waals surface area (Å²) in [5, 5.41) is 0. The third-order valence-electron chi connectivity index (χ3n) is 2.11. The fraction of sp³-hybridized carbons (Fsp3) is 0.300. The van der Waals surface area contributed by atoms with Crippen molar-refractivity contribution in [2.24, 2.45) is 0 Å². The summed E-state index contributed by atoms with van der Waals surface area (Å²) < 4.78 is 2.19. The van der Waals surface area contributed by atoms with Crippen LogP contribution in [0.2, 0.25) is 0 Å². The highest BCUT2D eigenvalue weighted by molar-refractivity contribution is 7.09. The molecular formula is C10H12N2S. The second-order valence-corrected chi connectivity index (χ2v) is 3.97. The van der Waals surface area contributed by atoms with Gasteiger partial charge in [0.1, 0.15) is 0 Å². The molecule has 0 aromatic carbocycles. The van der Waals surface area contributed by atoms with Crippen molar-refractivity contribution in [3.63, 3.8) is 0 Å². The molecule has 0 radical (unpaired) electrons. The summed E-state index contributed by atoms with van der Waals surface area (Å²) in [6.45, 7) is 3.12. The van der Waals surface area contributed by atoms with Crippen molar-refractivity contribution >= 4 is 11.3 Å². The van der Waals surface area contributed by atoms with E-state index in [0.717, 1.165) is 13.0 Å². The van der Waals surface area contributed by atoms with Crippen LogP contribution in [0.4, 0.5) is 0 Å². The summed E-state index contributed by atoms with van der Waals surface area (Å²) in [4.78, 5) is 5.62. The van der Waals surface area contributed by atoms with Crippen LogP contribution in [0.1, 0.15) is 10.6 Å². The van der Waals surface area contributed by atoms with Crippen molar-refractivity contribution in [2.45, 2.75) is 19.9 Å². The predicted molar refractivity (Wildman–Crippen MR) is 55.0 cm³/mol. The molecule has 2 heterocycles. The zero-order valence-corrected chi connectivity index (χ0v) is 8.42. The average Bonchev–Trinajstić information content (AvgIpc) is 2.72. The van der Waals surface area contributed by atoms with Crippen LogP contribution < -0.4 is 0 Å². The highest BCUT2D eigenvalue weighted by Gasteiger charge is 2.00. The van der Waals surface area contributed by atoms with Gasteiger partial charge in [0.2, 0.25) is 0 Å². The van der Waals surface area contributed by atoms with E-state index in [1.807, 2.05) is 5.51 Å². The maximum atomic E-state index is 4.23. The minimum Gasteiger partial charge on any atom is -0.354 e. The monoisotopic (exact) mass is 192 g/mol. The molecule has 0 bridgehead atoms. The van der Waals surface area contributed by atoms with E-state index in [4.69, 9.17) is 0 Å². The van der Waals surface area contributed by atoms with E-state index in [0.29, 0.717) is 0 Å². The van der Waals surface area contributed by atoms with Gasteiger partial charge in [-0.1, -0.05) is 0 Å². The van der Waals surface area contributed by atoms with Crippen molar-refractivity contribution in [2.75, 3.05) is 0 Å². The highest BCUT2D eigenvalue weighted by atomic mass is 32.1. The van der Waals surface area contributed by atoms with E-state index in [1.54, 1.807) is 11.3 Å². The molecule has 0 fully saturated rings.